The fraction of sp³-hybridized carbons (Fsp3) is 0.294. The fourth-order valence-corrected chi connectivity index (χ4v) is 2.37. The van der Waals surface area contributed by atoms with Crippen molar-refractivity contribution in [3.05, 3.63) is 60.2 Å². The van der Waals surface area contributed by atoms with E-state index in [-0.39, 0.29) is 0 Å². The number of para-hydroxylation sites is 1. The molecule has 0 amide bonds. The van der Waals surface area contributed by atoms with Gasteiger partial charge in [0.25, 0.3) is 0 Å². The summed E-state index contributed by atoms with van der Waals surface area (Å²) in [5.74, 6) is 0.877. The van der Waals surface area contributed by atoms with Gasteiger partial charge in [0, 0.05) is 30.3 Å². The van der Waals surface area contributed by atoms with Crippen LogP contribution < -0.4 is 5.32 Å². The molecule has 0 spiro atoms. The van der Waals surface area contributed by atoms with Crippen molar-refractivity contribution in [1.82, 2.24) is 10.3 Å². The highest BCUT2D eigenvalue weighted by Gasteiger charge is 2.01. The Morgan fingerprint density at radius 3 is 3.00 bits per heavy atom. The third-order valence-electron chi connectivity index (χ3n) is 3.46. The van der Waals surface area contributed by atoms with Gasteiger partial charge in [-0.1, -0.05) is 18.2 Å². The number of benzene rings is 1. The van der Waals surface area contributed by atoms with E-state index in [1.807, 2.05) is 18.2 Å². The Bertz CT molecular complexity index is 658. The third kappa shape index (κ3) is 3.74. The highest BCUT2D eigenvalue weighted by molar-refractivity contribution is 5.82. The van der Waals surface area contributed by atoms with Gasteiger partial charge in [-0.05, 0) is 36.7 Å². The zero-order valence-electron chi connectivity index (χ0n) is 12.0. The summed E-state index contributed by atoms with van der Waals surface area (Å²) in [6.45, 7) is 3.11. The van der Waals surface area contributed by atoms with Gasteiger partial charge in [-0.2, -0.15) is 0 Å². The second-order valence-corrected chi connectivity index (χ2v) is 5.02. The number of hydrogen-bond donors (Lipinski definition) is 2. The summed E-state index contributed by atoms with van der Waals surface area (Å²) in [4.78, 5) is 3.29. The number of aromatic nitrogens is 1. The lowest BCUT2D eigenvalue weighted by Gasteiger charge is -2.05. The molecule has 2 aromatic heterocycles. The number of H-pyrrole nitrogens is 1. The SMILES string of the molecule is c1coc(COCCCNCc2c[nH]c3ccccc23)c1. The first-order chi connectivity index (χ1) is 10.4. The van der Waals surface area contributed by atoms with Crippen LogP contribution in [-0.4, -0.2) is 18.1 Å². The summed E-state index contributed by atoms with van der Waals surface area (Å²) in [5.41, 5.74) is 2.50. The molecule has 2 heterocycles. The minimum absolute atomic E-state index is 0.551. The molecule has 4 nitrogen and oxygen atoms in total. The Morgan fingerprint density at radius 1 is 1.14 bits per heavy atom. The van der Waals surface area contributed by atoms with Crippen molar-refractivity contribution in [2.45, 2.75) is 19.6 Å². The Labute approximate surface area is 124 Å². The predicted octanol–water partition coefficient (Wildman–Crippen LogP) is 3.46. The van der Waals surface area contributed by atoms with Crippen LogP contribution in [-0.2, 0) is 17.9 Å². The Hall–Kier alpha value is -2.04. The first kappa shape index (κ1) is 13.9. The quantitative estimate of drug-likeness (QED) is 0.623. The van der Waals surface area contributed by atoms with E-state index in [0.717, 1.165) is 31.9 Å². The van der Waals surface area contributed by atoms with Crippen LogP contribution in [0.5, 0.6) is 0 Å². The zero-order chi connectivity index (χ0) is 14.3. The molecule has 1 aromatic carbocycles. The molecule has 0 aliphatic heterocycles. The van der Waals surface area contributed by atoms with Crippen LogP contribution in [0.1, 0.15) is 17.7 Å². The highest BCUT2D eigenvalue weighted by Crippen LogP contribution is 2.17. The van der Waals surface area contributed by atoms with Gasteiger partial charge in [-0.15, -0.1) is 0 Å². The summed E-state index contributed by atoms with van der Waals surface area (Å²) in [5, 5.41) is 4.74. The van der Waals surface area contributed by atoms with E-state index in [9.17, 15) is 0 Å². The van der Waals surface area contributed by atoms with Crippen molar-refractivity contribution >= 4 is 10.9 Å². The number of aromatic amines is 1. The van der Waals surface area contributed by atoms with Gasteiger partial charge < -0.3 is 19.5 Å². The lowest BCUT2D eigenvalue weighted by molar-refractivity contribution is 0.104. The zero-order valence-corrected chi connectivity index (χ0v) is 12.0. The van der Waals surface area contributed by atoms with Gasteiger partial charge in [0.1, 0.15) is 12.4 Å². The van der Waals surface area contributed by atoms with E-state index in [0.29, 0.717) is 6.61 Å². The molecule has 0 unspecified atom stereocenters. The minimum atomic E-state index is 0.551. The molecule has 2 N–H and O–H groups in total. The Morgan fingerprint density at radius 2 is 2.10 bits per heavy atom. The third-order valence-corrected chi connectivity index (χ3v) is 3.46. The monoisotopic (exact) mass is 284 g/mol. The number of hydrogen-bond acceptors (Lipinski definition) is 3. The van der Waals surface area contributed by atoms with Crippen LogP contribution in [0, 0.1) is 0 Å². The molecule has 0 saturated heterocycles. The number of nitrogens with one attached hydrogen (secondary N) is 2. The minimum Gasteiger partial charge on any atom is -0.467 e. The number of ether oxygens (including phenoxy) is 1. The lowest BCUT2D eigenvalue weighted by atomic mass is 10.2. The molecule has 3 aromatic rings. The van der Waals surface area contributed by atoms with Crippen molar-refractivity contribution in [3.8, 4) is 0 Å². The number of furan rings is 1. The van der Waals surface area contributed by atoms with Crippen LogP contribution in [0.3, 0.4) is 0 Å². The number of rotatable bonds is 8. The molecule has 0 aliphatic rings. The molecular weight excluding hydrogens is 264 g/mol. The standard InChI is InChI=1S/C17H20N2O2/c1-2-7-17-16(6-1)14(12-19-17)11-18-8-4-9-20-13-15-5-3-10-21-15/h1-3,5-7,10,12,18-19H,4,8-9,11,13H2. The van der Waals surface area contributed by atoms with Crippen LogP contribution in [0.15, 0.2) is 53.3 Å². The van der Waals surface area contributed by atoms with Crippen molar-refractivity contribution in [2.24, 2.45) is 0 Å². The smallest absolute Gasteiger partial charge is 0.129 e. The first-order valence-electron chi connectivity index (χ1n) is 7.29. The fourth-order valence-electron chi connectivity index (χ4n) is 2.37. The lowest BCUT2D eigenvalue weighted by Crippen LogP contribution is -2.16. The molecular formula is C17H20N2O2. The van der Waals surface area contributed by atoms with E-state index in [2.05, 4.69) is 34.7 Å². The van der Waals surface area contributed by atoms with Gasteiger partial charge >= 0.3 is 0 Å². The summed E-state index contributed by atoms with van der Waals surface area (Å²) in [6, 6.07) is 12.2. The van der Waals surface area contributed by atoms with Crippen LogP contribution in [0.25, 0.3) is 10.9 Å². The maximum Gasteiger partial charge on any atom is 0.129 e. The molecule has 0 bridgehead atoms. The van der Waals surface area contributed by atoms with Gasteiger partial charge in [0.15, 0.2) is 0 Å². The Kier molecular flexibility index (Phi) is 4.71. The van der Waals surface area contributed by atoms with Gasteiger partial charge in [-0.25, -0.2) is 0 Å². The van der Waals surface area contributed by atoms with Gasteiger partial charge in [0.05, 0.1) is 6.26 Å². The van der Waals surface area contributed by atoms with Crippen molar-refractivity contribution in [2.75, 3.05) is 13.2 Å². The normalized spacial score (nSPS) is 11.2. The van der Waals surface area contributed by atoms with E-state index in [4.69, 9.17) is 9.15 Å². The molecule has 4 heteroatoms. The largest absolute Gasteiger partial charge is 0.467 e. The van der Waals surface area contributed by atoms with Gasteiger partial charge in [-0.3, -0.25) is 0 Å². The molecule has 110 valence electrons. The second-order valence-electron chi connectivity index (χ2n) is 5.02. The van der Waals surface area contributed by atoms with Crippen molar-refractivity contribution < 1.29 is 9.15 Å². The van der Waals surface area contributed by atoms with Crippen LogP contribution in [0.2, 0.25) is 0 Å². The molecule has 0 atom stereocenters. The van der Waals surface area contributed by atoms with Gasteiger partial charge in [0.2, 0.25) is 0 Å². The predicted molar refractivity (Wildman–Crippen MR) is 83.0 cm³/mol. The summed E-state index contributed by atoms with van der Waals surface area (Å²) >= 11 is 0. The van der Waals surface area contributed by atoms with Crippen molar-refractivity contribution in [1.29, 1.82) is 0 Å². The average Bonchev–Trinajstić information content (AvgIpc) is 3.16. The highest BCUT2D eigenvalue weighted by atomic mass is 16.5. The topological polar surface area (TPSA) is 50.2 Å². The van der Waals surface area contributed by atoms with Crippen LogP contribution >= 0.6 is 0 Å². The molecule has 0 saturated carbocycles. The first-order valence-corrected chi connectivity index (χ1v) is 7.29. The summed E-state index contributed by atoms with van der Waals surface area (Å²) < 4.78 is 10.8. The maximum absolute atomic E-state index is 5.55. The van der Waals surface area contributed by atoms with E-state index >= 15 is 0 Å². The molecule has 0 fully saturated rings. The summed E-state index contributed by atoms with van der Waals surface area (Å²) in [6.07, 6.45) is 4.73. The van der Waals surface area contributed by atoms with Crippen LogP contribution in [0.4, 0.5) is 0 Å². The van der Waals surface area contributed by atoms with E-state index in [1.54, 1.807) is 6.26 Å². The maximum atomic E-state index is 5.55. The summed E-state index contributed by atoms with van der Waals surface area (Å²) in [7, 11) is 0. The molecule has 21 heavy (non-hydrogen) atoms. The average molecular weight is 284 g/mol. The molecule has 0 radical (unpaired) electrons. The molecule has 3 rings (SSSR count). The van der Waals surface area contributed by atoms with Crippen molar-refractivity contribution in [3.63, 3.8) is 0 Å². The number of fused-ring (bicyclic) bond motifs is 1. The molecule has 0 aliphatic carbocycles. The van der Waals surface area contributed by atoms with E-state index in [1.165, 1.54) is 16.5 Å². The second kappa shape index (κ2) is 7.11. The Balaban J connectivity index is 1.33. The van der Waals surface area contributed by atoms with E-state index < -0.39 is 0 Å².